The molecule has 0 saturated heterocycles. The summed E-state index contributed by atoms with van der Waals surface area (Å²) in [5.74, 6) is -1.21. The van der Waals surface area contributed by atoms with E-state index in [-0.39, 0.29) is 30.1 Å². The first-order valence-corrected chi connectivity index (χ1v) is 6.13. The molecule has 0 unspecified atom stereocenters. The molecule has 0 atom stereocenters. The Morgan fingerprint density at radius 3 is 2.80 bits per heavy atom. The number of aromatic carboxylic acids is 1. The lowest BCUT2D eigenvalue weighted by atomic mass is 10.2. The Balaban J connectivity index is 2.08. The third-order valence-electron chi connectivity index (χ3n) is 2.49. The van der Waals surface area contributed by atoms with E-state index < -0.39 is 5.97 Å². The summed E-state index contributed by atoms with van der Waals surface area (Å²) < 4.78 is 5.35. The highest BCUT2D eigenvalue weighted by Crippen LogP contribution is 2.20. The van der Waals surface area contributed by atoms with Gasteiger partial charge in [-0.05, 0) is 32.0 Å². The standard InChI is InChI=1S/C13H15N3O4/c1-7(2)15-11(17)6-14-13-16-9-4-3-8(12(18)19)5-10(9)20-13/h3-5,7H,6H2,1-2H3,(H,14,16)(H,15,17)(H,18,19). The number of carboxylic acids is 1. The van der Waals surface area contributed by atoms with Crippen molar-refractivity contribution in [2.75, 3.05) is 11.9 Å². The molecule has 0 spiro atoms. The van der Waals surface area contributed by atoms with Crippen LogP contribution in [0.15, 0.2) is 22.6 Å². The Hall–Kier alpha value is -2.57. The molecule has 0 aliphatic rings. The van der Waals surface area contributed by atoms with Gasteiger partial charge in [-0.2, -0.15) is 4.98 Å². The van der Waals surface area contributed by atoms with Crippen LogP contribution in [0.5, 0.6) is 0 Å². The van der Waals surface area contributed by atoms with Gasteiger partial charge in [0.15, 0.2) is 5.58 Å². The minimum Gasteiger partial charge on any atom is -0.478 e. The topological polar surface area (TPSA) is 104 Å². The molecule has 106 valence electrons. The SMILES string of the molecule is CC(C)NC(=O)CNc1nc2ccc(C(=O)O)cc2o1. The second kappa shape index (κ2) is 5.60. The number of nitrogens with zero attached hydrogens (tertiary/aromatic N) is 1. The Morgan fingerprint density at radius 1 is 1.40 bits per heavy atom. The molecule has 0 aliphatic heterocycles. The number of anilines is 1. The summed E-state index contributed by atoms with van der Waals surface area (Å²) in [7, 11) is 0. The molecule has 1 aromatic carbocycles. The molecule has 0 bridgehead atoms. The lowest BCUT2D eigenvalue weighted by Gasteiger charge is -2.07. The minimum atomic E-state index is -1.03. The molecule has 1 heterocycles. The summed E-state index contributed by atoms with van der Waals surface area (Å²) in [6, 6.07) is 4.64. The number of oxazole rings is 1. The zero-order valence-electron chi connectivity index (χ0n) is 11.1. The number of hydrogen-bond acceptors (Lipinski definition) is 5. The maximum absolute atomic E-state index is 11.5. The van der Waals surface area contributed by atoms with Gasteiger partial charge in [0.1, 0.15) is 5.52 Å². The van der Waals surface area contributed by atoms with E-state index >= 15 is 0 Å². The summed E-state index contributed by atoms with van der Waals surface area (Å²) in [5.41, 5.74) is 1.01. The number of benzene rings is 1. The van der Waals surface area contributed by atoms with Crippen LogP contribution in [0, 0.1) is 0 Å². The molecule has 1 amide bonds. The number of carboxylic acid groups (broad SMARTS) is 1. The van der Waals surface area contributed by atoms with Gasteiger partial charge in [0.05, 0.1) is 12.1 Å². The van der Waals surface area contributed by atoms with Crippen LogP contribution < -0.4 is 10.6 Å². The summed E-state index contributed by atoms with van der Waals surface area (Å²) in [6.07, 6.45) is 0. The van der Waals surface area contributed by atoms with E-state index in [9.17, 15) is 9.59 Å². The maximum atomic E-state index is 11.5. The van der Waals surface area contributed by atoms with Gasteiger partial charge >= 0.3 is 5.97 Å². The number of nitrogens with one attached hydrogen (secondary N) is 2. The number of aromatic nitrogens is 1. The molecule has 20 heavy (non-hydrogen) atoms. The van der Waals surface area contributed by atoms with Crippen molar-refractivity contribution in [1.82, 2.24) is 10.3 Å². The molecule has 7 heteroatoms. The van der Waals surface area contributed by atoms with Gasteiger partial charge in [-0.3, -0.25) is 4.79 Å². The number of amides is 1. The number of carbonyl (C=O) groups excluding carboxylic acids is 1. The minimum absolute atomic E-state index is 0.0385. The lowest BCUT2D eigenvalue weighted by molar-refractivity contribution is -0.119. The molecule has 2 rings (SSSR count). The molecule has 1 aromatic heterocycles. The molecule has 3 N–H and O–H groups in total. The van der Waals surface area contributed by atoms with Crippen molar-refractivity contribution in [3.8, 4) is 0 Å². The van der Waals surface area contributed by atoms with Crippen molar-refractivity contribution in [2.45, 2.75) is 19.9 Å². The average molecular weight is 277 g/mol. The van der Waals surface area contributed by atoms with E-state index in [4.69, 9.17) is 9.52 Å². The van der Waals surface area contributed by atoms with Crippen LogP contribution in [0.1, 0.15) is 24.2 Å². The number of fused-ring (bicyclic) bond motifs is 1. The summed E-state index contributed by atoms with van der Waals surface area (Å²) in [6.45, 7) is 3.77. The van der Waals surface area contributed by atoms with E-state index in [1.807, 2.05) is 13.8 Å². The average Bonchev–Trinajstić information content (AvgIpc) is 2.77. The fraction of sp³-hybridized carbons (Fsp3) is 0.308. The summed E-state index contributed by atoms with van der Waals surface area (Å²) in [4.78, 5) is 26.4. The third kappa shape index (κ3) is 3.25. The van der Waals surface area contributed by atoms with Crippen LogP contribution in [0.3, 0.4) is 0 Å². The van der Waals surface area contributed by atoms with Crippen molar-refractivity contribution >= 4 is 29.0 Å². The molecule has 0 radical (unpaired) electrons. The quantitative estimate of drug-likeness (QED) is 0.764. The van der Waals surface area contributed by atoms with Gasteiger partial charge in [0, 0.05) is 6.04 Å². The zero-order valence-corrected chi connectivity index (χ0v) is 11.1. The monoisotopic (exact) mass is 277 g/mol. The van der Waals surface area contributed by atoms with Crippen LogP contribution in [-0.4, -0.2) is 34.6 Å². The Bertz CT molecular complexity index is 648. The van der Waals surface area contributed by atoms with Gasteiger partial charge < -0.3 is 20.2 Å². The number of rotatable bonds is 5. The van der Waals surface area contributed by atoms with E-state index in [2.05, 4.69) is 15.6 Å². The van der Waals surface area contributed by atoms with Crippen molar-refractivity contribution in [1.29, 1.82) is 0 Å². The normalized spacial score (nSPS) is 10.8. The predicted octanol–water partition coefficient (Wildman–Crippen LogP) is 1.46. The highest BCUT2D eigenvalue weighted by atomic mass is 16.4. The van der Waals surface area contributed by atoms with Gasteiger partial charge in [0.25, 0.3) is 6.01 Å². The van der Waals surface area contributed by atoms with Crippen molar-refractivity contribution < 1.29 is 19.1 Å². The van der Waals surface area contributed by atoms with Gasteiger partial charge in [0.2, 0.25) is 5.91 Å². The summed E-state index contributed by atoms with van der Waals surface area (Å²) >= 11 is 0. The molecule has 7 nitrogen and oxygen atoms in total. The van der Waals surface area contributed by atoms with Crippen LogP contribution in [0.4, 0.5) is 6.01 Å². The molecular formula is C13H15N3O4. The van der Waals surface area contributed by atoms with Crippen LogP contribution in [0.2, 0.25) is 0 Å². The number of carbonyl (C=O) groups is 2. The molecule has 0 fully saturated rings. The van der Waals surface area contributed by atoms with E-state index in [1.165, 1.54) is 12.1 Å². The Morgan fingerprint density at radius 2 is 2.15 bits per heavy atom. The van der Waals surface area contributed by atoms with E-state index in [0.717, 1.165) is 0 Å². The van der Waals surface area contributed by atoms with Gasteiger partial charge in [-0.15, -0.1) is 0 Å². The van der Waals surface area contributed by atoms with Crippen molar-refractivity contribution in [3.05, 3.63) is 23.8 Å². The Kier molecular flexibility index (Phi) is 3.88. The molecule has 2 aromatic rings. The Labute approximate surface area is 115 Å². The number of hydrogen-bond donors (Lipinski definition) is 3. The van der Waals surface area contributed by atoms with E-state index in [1.54, 1.807) is 6.07 Å². The molecular weight excluding hydrogens is 262 g/mol. The van der Waals surface area contributed by atoms with Crippen molar-refractivity contribution in [3.63, 3.8) is 0 Å². The molecule has 0 saturated carbocycles. The first kappa shape index (κ1) is 13.9. The fourth-order valence-electron chi connectivity index (χ4n) is 1.66. The second-order valence-electron chi connectivity index (χ2n) is 4.58. The van der Waals surface area contributed by atoms with Gasteiger partial charge in [-0.1, -0.05) is 0 Å². The van der Waals surface area contributed by atoms with Crippen LogP contribution in [-0.2, 0) is 4.79 Å². The first-order valence-electron chi connectivity index (χ1n) is 6.13. The smallest absolute Gasteiger partial charge is 0.335 e. The van der Waals surface area contributed by atoms with Crippen molar-refractivity contribution in [2.24, 2.45) is 0 Å². The van der Waals surface area contributed by atoms with Crippen LogP contribution >= 0.6 is 0 Å². The zero-order chi connectivity index (χ0) is 14.7. The maximum Gasteiger partial charge on any atom is 0.335 e. The third-order valence-corrected chi connectivity index (χ3v) is 2.49. The highest BCUT2D eigenvalue weighted by Gasteiger charge is 2.10. The van der Waals surface area contributed by atoms with Gasteiger partial charge in [-0.25, -0.2) is 4.79 Å². The van der Waals surface area contributed by atoms with E-state index in [0.29, 0.717) is 11.1 Å². The summed E-state index contributed by atoms with van der Waals surface area (Å²) in [5, 5.41) is 14.4. The second-order valence-corrected chi connectivity index (χ2v) is 4.58. The fourth-order valence-corrected chi connectivity index (χ4v) is 1.66. The molecule has 0 aliphatic carbocycles. The largest absolute Gasteiger partial charge is 0.478 e. The van der Waals surface area contributed by atoms with Crippen LogP contribution in [0.25, 0.3) is 11.1 Å². The first-order chi connectivity index (χ1) is 9.45. The highest BCUT2D eigenvalue weighted by molar-refractivity contribution is 5.92. The predicted molar refractivity (Wildman–Crippen MR) is 72.7 cm³/mol. The lowest BCUT2D eigenvalue weighted by Crippen LogP contribution is -2.34.